The van der Waals surface area contributed by atoms with Gasteiger partial charge in [-0.05, 0) is 56.6 Å². The minimum atomic E-state index is -0.382. The zero-order chi connectivity index (χ0) is 23.2. The Balaban J connectivity index is 1.22. The van der Waals surface area contributed by atoms with Crippen LogP contribution in [-0.2, 0) is 16.0 Å². The third-order valence-electron chi connectivity index (χ3n) is 6.35. The maximum Gasteiger partial charge on any atom is 0.407 e. The predicted octanol–water partition coefficient (Wildman–Crippen LogP) is 2.66. The fraction of sp³-hybridized carbons (Fsp3) is 0.565. The average Bonchev–Trinajstić information content (AvgIpc) is 3.45. The van der Waals surface area contributed by atoms with Crippen molar-refractivity contribution in [3.63, 3.8) is 0 Å². The van der Waals surface area contributed by atoms with E-state index in [1.165, 1.54) is 7.11 Å². The SMILES string of the molecule is COc1cc(CC(=O)Nc2cc([C@@H]3CCC(OC(=O)NC4CCC(O)CC4)C3)[nH]n2)ccn1. The van der Waals surface area contributed by atoms with E-state index in [0.29, 0.717) is 31.0 Å². The number of aromatic amines is 1. The zero-order valence-electron chi connectivity index (χ0n) is 18.8. The summed E-state index contributed by atoms with van der Waals surface area (Å²) in [6, 6.07) is 5.41. The first kappa shape index (κ1) is 23.0. The molecule has 2 aromatic heterocycles. The van der Waals surface area contributed by atoms with Gasteiger partial charge in [0.2, 0.25) is 11.8 Å². The maximum absolute atomic E-state index is 12.4. The Kier molecular flexibility index (Phi) is 7.43. The highest BCUT2D eigenvalue weighted by Crippen LogP contribution is 2.36. The van der Waals surface area contributed by atoms with Gasteiger partial charge in [-0.1, -0.05) is 0 Å². The van der Waals surface area contributed by atoms with Crippen molar-refractivity contribution in [3.05, 3.63) is 35.7 Å². The maximum atomic E-state index is 12.4. The number of hydrogen-bond donors (Lipinski definition) is 4. The lowest BCUT2D eigenvalue weighted by Crippen LogP contribution is -2.40. The number of carbonyl (C=O) groups excluding carboxylic acids is 2. The van der Waals surface area contributed by atoms with E-state index in [-0.39, 0.29) is 42.6 Å². The Hall–Kier alpha value is -3.14. The number of anilines is 1. The lowest BCUT2D eigenvalue weighted by atomic mass is 9.93. The van der Waals surface area contributed by atoms with Gasteiger partial charge >= 0.3 is 6.09 Å². The number of aliphatic hydroxyl groups excluding tert-OH is 1. The number of carbonyl (C=O) groups is 2. The second-order valence-electron chi connectivity index (χ2n) is 8.83. The van der Waals surface area contributed by atoms with Gasteiger partial charge in [0.05, 0.1) is 19.6 Å². The van der Waals surface area contributed by atoms with Gasteiger partial charge in [0.15, 0.2) is 5.82 Å². The number of aliphatic hydroxyl groups is 1. The molecule has 0 radical (unpaired) electrons. The summed E-state index contributed by atoms with van der Waals surface area (Å²) < 4.78 is 10.7. The van der Waals surface area contributed by atoms with Crippen molar-refractivity contribution in [1.82, 2.24) is 20.5 Å². The highest BCUT2D eigenvalue weighted by Gasteiger charge is 2.31. The molecule has 2 aliphatic carbocycles. The third kappa shape index (κ3) is 6.44. The second-order valence-corrected chi connectivity index (χ2v) is 8.83. The molecule has 2 aromatic rings. The van der Waals surface area contributed by atoms with Crippen molar-refractivity contribution in [2.75, 3.05) is 12.4 Å². The lowest BCUT2D eigenvalue weighted by Gasteiger charge is -2.26. The molecule has 2 fully saturated rings. The summed E-state index contributed by atoms with van der Waals surface area (Å²) in [6.45, 7) is 0. The lowest BCUT2D eigenvalue weighted by molar-refractivity contribution is -0.115. The van der Waals surface area contributed by atoms with Gasteiger partial charge in [0.1, 0.15) is 6.10 Å². The molecule has 0 aromatic carbocycles. The molecule has 4 rings (SSSR count). The van der Waals surface area contributed by atoms with Gasteiger partial charge in [-0.2, -0.15) is 5.10 Å². The van der Waals surface area contributed by atoms with Crippen LogP contribution in [0, 0.1) is 0 Å². The summed E-state index contributed by atoms with van der Waals surface area (Å²) in [6.07, 6.45) is 6.37. The first-order valence-corrected chi connectivity index (χ1v) is 11.5. The Morgan fingerprint density at radius 1 is 1.18 bits per heavy atom. The van der Waals surface area contributed by atoms with Crippen molar-refractivity contribution in [2.45, 2.75) is 75.5 Å². The Morgan fingerprint density at radius 2 is 2.00 bits per heavy atom. The Morgan fingerprint density at radius 3 is 2.79 bits per heavy atom. The Labute approximate surface area is 192 Å². The van der Waals surface area contributed by atoms with Crippen molar-refractivity contribution in [3.8, 4) is 5.88 Å². The number of rotatable bonds is 7. The highest BCUT2D eigenvalue weighted by atomic mass is 16.6. The molecular weight excluding hydrogens is 426 g/mol. The molecule has 2 atom stereocenters. The third-order valence-corrected chi connectivity index (χ3v) is 6.35. The van der Waals surface area contributed by atoms with E-state index in [0.717, 1.165) is 36.9 Å². The van der Waals surface area contributed by atoms with Crippen LogP contribution >= 0.6 is 0 Å². The van der Waals surface area contributed by atoms with Crippen molar-refractivity contribution < 1.29 is 24.2 Å². The van der Waals surface area contributed by atoms with Crippen LogP contribution in [0.25, 0.3) is 0 Å². The van der Waals surface area contributed by atoms with E-state index in [1.54, 1.807) is 18.3 Å². The number of hydrogen-bond acceptors (Lipinski definition) is 7. The first-order valence-electron chi connectivity index (χ1n) is 11.5. The molecule has 10 nitrogen and oxygen atoms in total. The molecule has 2 heterocycles. The molecule has 2 aliphatic rings. The van der Waals surface area contributed by atoms with Crippen molar-refractivity contribution in [1.29, 1.82) is 0 Å². The molecule has 0 aliphatic heterocycles. The molecule has 2 amide bonds. The molecule has 33 heavy (non-hydrogen) atoms. The minimum absolute atomic E-state index is 0.0742. The largest absolute Gasteiger partial charge is 0.481 e. The fourth-order valence-electron chi connectivity index (χ4n) is 4.56. The summed E-state index contributed by atoms with van der Waals surface area (Å²) in [4.78, 5) is 28.6. The van der Waals surface area contributed by atoms with Crippen molar-refractivity contribution >= 4 is 17.8 Å². The number of H-pyrrole nitrogens is 1. The smallest absolute Gasteiger partial charge is 0.407 e. The summed E-state index contributed by atoms with van der Waals surface area (Å²) in [5.41, 5.74) is 1.72. The predicted molar refractivity (Wildman–Crippen MR) is 120 cm³/mol. The quantitative estimate of drug-likeness (QED) is 0.501. The Bertz CT molecular complexity index is 956. The van der Waals surface area contributed by atoms with Crippen molar-refractivity contribution in [2.24, 2.45) is 0 Å². The summed E-state index contributed by atoms with van der Waals surface area (Å²) >= 11 is 0. The molecule has 4 N–H and O–H groups in total. The van der Waals surface area contributed by atoms with Gasteiger partial charge in [-0.3, -0.25) is 9.89 Å². The van der Waals surface area contributed by atoms with Crippen LogP contribution in [0.1, 0.15) is 62.1 Å². The molecule has 10 heteroatoms. The number of nitrogens with zero attached hydrogens (tertiary/aromatic N) is 2. The van der Waals surface area contributed by atoms with Gasteiger partial charge in [0.25, 0.3) is 0 Å². The van der Waals surface area contributed by atoms with Crippen LogP contribution in [0.3, 0.4) is 0 Å². The summed E-state index contributed by atoms with van der Waals surface area (Å²) in [5.74, 6) is 0.945. The minimum Gasteiger partial charge on any atom is -0.481 e. The van der Waals surface area contributed by atoms with E-state index >= 15 is 0 Å². The number of alkyl carbamates (subject to hydrolysis) is 1. The molecule has 2 saturated carbocycles. The standard InChI is InChI=1S/C23H31N5O5/c1-32-22-11-14(8-9-24-22)10-21(30)26-20-13-19(27-28-20)15-2-7-18(12-15)33-23(31)25-16-3-5-17(29)6-4-16/h8-9,11,13,15-18,29H,2-7,10,12H2,1H3,(H,25,31)(H2,26,27,28,30)/t15-,16?,17?,18?/m1/s1. The fourth-order valence-corrected chi connectivity index (χ4v) is 4.56. The van der Waals surface area contributed by atoms with Gasteiger partial charge < -0.3 is 25.2 Å². The van der Waals surface area contributed by atoms with Crippen LogP contribution in [0.4, 0.5) is 10.6 Å². The second kappa shape index (κ2) is 10.7. The van der Waals surface area contributed by atoms with E-state index in [9.17, 15) is 14.7 Å². The average molecular weight is 458 g/mol. The monoisotopic (exact) mass is 457 g/mol. The number of nitrogens with one attached hydrogen (secondary N) is 3. The van der Waals surface area contributed by atoms with Gasteiger partial charge in [0, 0.05) is 36.0 Å². The van der Waals surface area contributed by atoms with E-state index < -0.39 is 0 Å². The van der Waals surface area contributed by atoms with Gasteiger partial charge in [-0.25, -0.2) is 9.78 Å². The van der Waals surface area contributed by atoms with Crippen LogP contribution < -0.4 is 15.4 Å². The van der Waals surface area contributed by atoms with E-state index in [1.807, 2.05) is 6.07 Å². The number of aromatic nitrogens is 3. The van der Waals surface area contributed by atoms with Crippen LogP contribution in [0.2, 0.25) is 0 Å². The molecule has 0 bridgehead atoms. The van der Waals surface area contributed by atoms with E-state index in [4.69, 9.17) is 9.47 Å². The topological polar surface area (TPSA) is 138 Å². The molecule has 1 unspecified atom stereocenters. The first-order chi connectivity index (χ1) is 16.0. The number of pyridine rings is 1. The number of ether oxygens (including phenoxy) is 2. The normalized spacial score (nSPS) is 24.8. The number of amides is 2. The summed E-state index contributed by atoms with van der Waals surface area (Å²) in [5, 5.41) is 22.5. The van der Waals surface area contributed by atoms with Crippen LogP contribution in [-0.4, -0.2) is 57.6 Å². The number of methoxy groups -OCH3 is 1. The zero-order valence-corrected chi connectivity index (χ0v) is 18.8. The molecule has 0 spiro atoms. The molecule has 0 saturated heterocycles. The molecule has 178 valence electrons. The summed E-state index contributed by atoms with van der Waals surface area (Å²) in [7, 11) is 1.53. The van der Waals surface area contributed by atoms with Crippen LogP contribution in [0.15, 0.2) is 24.4 Å². The van der Waals surface area contributed by atoms with Crippen LogP contribution in [0.5, 0.6) is 5.88 Å². The van der Waals surface area contributed by atoms with Gasteiger partial charge in [-0.15, -0.1) is 0 Å². The highest BCUT2D eigenvalue weighted by molar-refractivity contribution is 5.91. The van der Waals surface area contributed by atoms with E-state index in [2.05, 4.69) is 25.8 Å². The molecular formula is C23H31N5O5.